The van der Waals surface area contributed by atoms with Crippen LogP contribution in [0.1, 0.15) is 32.8 Å². The van der Waals surface area contributed by atoms with Gasteiger partial charge in [-0.05, 0) is 30.9 Å². The number of aliphatic hydroxyl groups excluding tert-OH is 2. The van der Waals surface area contributed by atoms with Gasteiger partial charge >= 0.3 is 5.97 Å². The quantitative estimate of drug-likeness (QED) is 0.169. The summed E-state index contributed by atoms with van der Waals surface area (Å²) in [6, 6.07) is 2.17. The number of aromatic nitrogens is 1. The second-order valence-electron chi connectivity index (χ2n) is 9.16. The highest BCUT2D eigenvalue weighted by atomic mass is 16.4. The van der Waals surface area contributed by atoms with E-state index in [0.717, 1.165) is 10.9 Å². The number of aliphatic hydroxyl groups is 2. The van der Waals surface area contributed by atoms with Gasteiger partial charge < -0.3 is 42.0 Å². The van der Waals surface area contributed by atoms with Gasteiger partial charge in [-0.15, -0.1) is 0 Å². The van der Waals surface area contributed by atoms with Gasteiger partial charge in [-0.25, -0.2) is 4.79 Å². The Labute approximate surface area is 208 Å². The van der Waals surface area contributed by atoms with Crippen molar-refractivity contribution >= 4 is 34.6 Å². The Morgan fingerprint density at radius 1 is 0.944 bits per heavy atom. The van der Waals surface area contributed by atoms with Crippen molar-refractivity contribution in [1.29, 1.82) is 0 Å². The van der Waals surface area contributed by atoms with E-state index < -0.39 is 60.6 Å². The number of carbonyl (C=O) groups excluding carboxylic acids is 3. The number of aliphatic carboxylic acids is 1. The van der Waals surface area contributed by atoms with E-state index in [9.17, 15) is 34.5 Å². The maximum Gasteiger partial charge on any atom is 0.326 e. The molecule has 0 saturated heterocycles. The van der Waals surface area contributed by atoms with Gasteiger partial charge in [-0.1, -0.05) is 32.0 Å². The molecule has 0 radical (unpaired) electrons. The highest BCUT2D eigenvalue weighted by molar-refractivity contribution is 5.95. The van der Waals surface area contributed by atoms with Gasteiger partial charge in [0.2, 0.25) is 17.7 Å². The Morgan fingerprint density at radius 3 is 2.11 bits per heavy atom. The van der Waals surface area contributed by atoms with Crippen LogP contribution in [0.5, 0.6) is 0 Å². The molecule has 0 aliphatic heterocycles. The summed E-state index contributed by atoms with van der Waals surface area (Å²) in [5, 5.41) is 36.8. The molecule has 0 fully saturated rings. The number of carboxylic acids is 1. The minimum absolute atomic E-state index is 0.00882. The Balaban J connectivity index is 2.28. The number of benzene rings is 1. The second-order valence-corrected chi connectivity index (χ2v) is 9.16. The number of amides is 3. The van der Waals surface area contributed by atoms with E-state index in [-0.39, 0.29) is 18.8 Å². The number of hydrogen-bond acceptors (Lipinski definition) is 7. The molecule has 198 valence electrons. The van der Waals surface area contributed by atoms with E-state index in [0.29, 0.717) is 5.56 Å². The molecule has 12 heteroatoms. The number of rotatable bonds is 13. The molecule has 0 bridgehead atoms. The topological polar surface area (TPSA) is 207 Å². The van der Waals surface area contributed by atoms with Gasteiger partial charge in [0.1, 0.15) is 24.2 Å². The third-order valence-corrected chi connectivity index (χ3v) is 5.69. The van der Waals surface area contributed by atoms with Gasteiger partial charge in [0.15, 0.2) is 0 Å². The van der Waals surface area contributed by atoms with E-state index >= 15 is 0 Å². The Kier molecular flexibility index (Phi) is 10.4. The van der Waals surface area contributed by atoms with Crippen molar-refractivity contribution in [2.75, 3.05) is 6.61 Å². The first kappa shape index (κ1) is 28.8. The van der Waals surface area contributed by atoms with Crippen LogP contribution in [0, 0.1) is 5.92 Å². The van der Waals surface area contributed by atoms with Crippen LogP contribution in [0.15, 0.2) is 30.5 Å². The fourth-order valence-electron chi connectivity index (χ4n) is 3.65. The fourth-order valence-corrected chi connectivity index (χ4v) is 3.65. The molecule has 1 aromatic carbocycles. The molecular formula is C24H35N5O7. The molecule has 0 spiro atoms. The summed E-state index contributed by atoms with van der Waals surface area (Å²) >= 11 is 0. The molecule has 9 N–H and O–H groups in total. The molecular weight excluding hydrogens is 470 g/mol. The molecule has 2 rings (SSSR count). The third kappa shape index (κ3) is 7.77. The SMILES string of the molecule is CC(C)CC(NC(=O)C(Cc1c[nH]c2ccccc12)NC(=O)C(CO)NC(=O)C(N)C(C)O)C(=O)O. The lowest BCUT2D eigenvalue weighted by Gasteiger charge is -2.25. The van der Waals surface area contributed by atoms with Gasteiger partial charge in [0.05, 0.1) is 12.7 Å². The lowest BCUT2D eigenvalue weighted by atomic mass is 10.0. The first-order chi connectivity index (χ1) is 16.9. The van der Waals surface area contributed by atoms with Gasteiger partial charge in [0.25, 0.3) is 0 Å². The molecule has 3 amide bonds. The number of fused-ring (bicyclic) bond motifs is 1. The standard InChI is InChI=1S/C24H35N5O7/c1-12(2)8-18(24(35)36)28-21(32)17(9-14-10-26-16-7-5-4-6-15(14)16)27-22(33)19(11-30)29-23(34)20(25)13(3)31/h4-7,10,12-13,17-20,26,30-31H,8-9,11,25H2,1-3H3,(H,27,33)(H,28,32)(H,29,34)(H,35,36). The van der Waals surface area contributed by atoms with Crippen molar-refractivity contribution < 1.29 is 34.5 Å². The van der Waals surface area contributed by atoms with Crippen LogP contribution in [0.25, 0.3) is 10.9 Å². The van der Waals surface area contributed by atoms with E-state index in [4.69, 9.17) is 5.73 Å². The van der Waals surface area contributed by atoms with Crippen molar-refractivity contribution in [3.63, 3.8) is 0 Å². The molecule has 2 aromatic rings. The van der Waals surface area contributed by atoms with Crippen molar-refractivity contribution in [2.24, 2.45) is 11.7 Å². The van der Waals surface area contributed by atoms with Crippen molar-refractivity contribution in [1.82, 2.24) is 20.9 Å². The average Bonchev–Trinajstić information content (AvgIpc) is 3.23. The summed E-state index contributed by atoms with van der Waals surface area (Å²) in [7, 11) is 0. The van der Waals surface area contributed by atoms with Gasteiger partial charge in [0, 0.05) is 23.5 Å². The van der Waals surface area contributed by atoms with E-state index in [1.807, 2.05) is 38.1 Å². The summed E-state index contributed by atoms with van der Waals surface area (Å²) in [6.45, 7) is 4.14. The summed E-state index contributed by atoms with van der Waals surface area (Å²) in [5.74, 6) is -3.69. The maximum atomic E-state index is 13.2. The molecule has 1 aromatic heterocycles. The Bertz CT molecular complexity index is 1070. The number of aromatic amines is 1. The monoisotopic (exact) mass is 505 g/mol. The highest BCUT2D eigenvalue weighted by Crippen LogP contribution is 2.19. The number of nitrogens with one attached hydrogen (secondary N) is 4. The third-order valence-electron chi connectivity index (χ3n) is 5.69. The predicted molar refractivity (Wildman–Crippen MR) is 132 cm³/mol. The zero-order valence-electron chi connectivity index (χ0n) is 20.5. The lowest BCUT2D eigenvalue weighted by molar-refractivity contribution is -0.142. The first-order valence-corrected chi connectivity index (χ1v) is 11.7. The molecule has 0 aliphatic rings. The number of carbonyl (C=O) groups is 4. The largest absolute Gasteiger partial charge is 0.480 e. The second kappa shape index (κ2) is 13.0. The van der Waals surface area contributed by atoms with Crippen LogP contribution in [0.3, 0.4) is 0 Å². The first-order valence-electron chi connectivity index (χ1n) is 11.7. The number of para-hydroxylation sites is 1. The molecule has 0 aliphatic carbocycles. The molecule has 0 saturated carbocycles. The van der Waals surface area contributed by atoms with Crippen LogP contribution < -0.4 is 21.7 Å². The minimum atomic E-state index is -1.45. The maximum absolute atomic E-state index is 13.2. The van der Waals surface area contributed by atoms with E-state index in [1.54, 1.807) is 6.20 Å². The molecule has 1 heterocycles. The summed E-state index contributed by atoms with van der Waals surface area (Å²) in [4.78, 5) is 53.0. The Morgan fingerprint density at radius 2 is 1.53 bits per heavy atom. The lowest BCUT2D eigenvalue weighted by Crippen LogP contribution is -2.59. The van der Waals surface area contributed by atoms with Crippen LogP contribution in [-0.2, 0) is 25.6 Å². The molecule has 36 heavy (non-hydrogen) atoms. The van der Waals surface area contributed by atoms with E-state index in [2.05, 4.69) is 20.9 Å². The van der Waals surface area contributed by atoms with Crippen LogP contribution in [-0.4, -0.2) is 80.9 Å². The van der Waals surface area contributed by atoms with Gasteiger partial charge in [-0.2, -0.15) is 0 Å². The molecule has 5 unspecified atom stereocenters. The molecule has 5 atom stereocenters. The summed E-state index contributed by atoms with van der Waals surface area (Å²) in [6.07, 6.45) is 0.685. The number of carboxylic acid groups (broad SMARTS) is 1. The predicted octanol–water partition coefficient (Wildman–Crippen LogP) is -1.00. The zero-order chi connectivity index (χ0) is 27.0. The van der Waals surface area contributed by atoms with Crippen LogP contribution >= 0.6 is 0 Å². The fraction of sp³-hybridized carbons (Fsp3) is 0.500. The van der Waals surface area contributed by atoms with E-state index in [1.165, 1.54) is 6.92 Å². The molecule has 12 nitrogen and oxygen atoms in total. The number of nitrogens with two attached hydrogens (primary N) is 1. The van der Waals surface area contributed by atoms with Crippen LogP contribution in [0.2, 0.25) is 0 Å². The number of hydrogen-bond donors (Lipinski definition) is 8. The summed E-state index contributed by atoms with van der Waals surface area (Å²) in [5.41, 5.74) is 7.09. The smallest absolute Gasteiger partial charge is 0.326 e. The summed E-state index contributed by atoms with van der Waals surface area (Å²) < 4.78 is 0. The van der Waals surface area contributed by atoms with Crippen molar-refractivity contribution in [2.45, 2.75) is 63.9 Å². The van der Waals surface area contributed by atoms with Crippen LogP contribution in [0.4, 0.5) is 0 Å². The van der Waals surface area contributed by atoms with Crippen molar-refractivity contribution in [3.05, 3.63) is 36.0 Å². The number of H-pyrrole nitrogens is 1. The Hall–Kier alpha value is -3.48. The van der Waals surface area contributed by atoms with Crippen molar-refractivity contribution in [3.8, 4) is 0 Å². The normalized spacial score (nSPS) is 15.5. The van der Waals surface area contributed by atoms with Gasteiger partial charge in [-0.3, -0.25) is 14.4 Å². The minimum Gasteiger partial charge on any atom is -0.480 e. The highest BCUT2D eigenvalue weighted by Gasteiger charge is 2.31. The zero-order valence-corrected chi connectivity index (χ0v) is 20.5. The average molecular weight is 506 g/mol.